The van der Waals surface area contributed by atoms with Crippen molar-refractivity contribution in [2.75, 3.05) is 37.9 Å². The van der Waals surface area contributed by atoms with Crippen molar-refractivity contribution in [1.29, 1.82) is 5.41 Å². The summed E-state index contributed by atoms with van der Waals surface area (Å²) < 4.78 is 32.7. The Balaban J connectivity index is 1.72. The third-order valence-electron chi connectivity index (χ3n) is 4.74. The normalized spacial score (nSPS) is 20.8. The van der Waals surface area contributed by atoms with Gasteiger partial charge in [-0.3, -0.25) is 9.08 Å². The highest BCUT2D eigenvalue weighted by Crippen LogP contribution is 2.29. The van der Waals surface area contributed by atoms with E-state index >= 15 is 0 Å². The predicted octanol–water partition coefficient (Wildman–Crippen LogP) is -0.140. The number of nitrogens with one attached hydrogen (secondary N) is 2. The van der Waals surface area contributed by atoms with E-state index in [4.69, 9.17) is 14.3 Å². The minimum absolute atomic E-state index is 0.131. The van der Waals surface area contributed by atoms with E-state index in [1.54, 1.807) is 0 Å². The fraction of sp³-hybridized carbons (Fsp3) is 0.688. The molecule has 0 spiro atoms. The van der Waals surface area contributed by atoms with Gasteiger partial charge in [0, 0.05) is 50.0 Å². The first-order valence-electron chi connectivity index (χ1n) is 8.83. The van der Waals surface area contributed by atoms with Crippen LogP contribution in [-0.4, -0.2) is 74.2 Å². The Bertz CT molecular complexity index is 791. The average molecular weight is 398 g/mol. The van der Waals surface area contributed by atoms with Gasteiger partial charge in [-0.25, -0.2) is 9.97 Å². The second kappa shape index (κ2) is 8.05. The second-order valence-electron chi connectivity index (χ2n) is 6.88. The summed E-state index contributed by atoms with van der Waals surface area (Å²) in [7, 11) is -3.49. The lowest BCUT2D eigenvalue weighted by Gasteiger charge is -2.41. The van der Waals surface area contributed by atoms with Crippen molar-refractivity contribution >= 4 is 22.2 Å². The number of nitrogens with zero attached hydrogens (tertiary/aromatic N) is 3. The van der Waals surface area contributed by atoms with E-state index in [-0.39, 0.29) is 17.6 Å². The molecule has 1 atom stereocenters. The van der Waals surface area contributed by atoms with Gasteiger partial charge in [-0.15, -0.1) is 0 Å². The maximum atomic E-state index is 12.3. The predicted molar refractivity (Wildman–Crippen MR) is 96.5 cm³/mol. The Labute approximate surface area is 158 Å². The van der Waals surface area contributed by atoms with Crippen molar-refractivity contribution in [3.8, 4) is 5.88 Å². The van der Waals surface area contributed by atoms with Crippen LogP contribution in [0, 0.1) is 5.41 Å². The first-order chi connectivity index (χ1) is 12.8. The molecular weight excluding hydrogens is 374 g/mol. The lowest BCUT2D eigenvalue weighted by molar-refractivity contribution is -0.275. The molecule has 150 valence electrons. The zero-order chi connectivity index (χ0) is 19.6. The summed E-state index contributed by atoms with van der Waals surface area (Å²) in [6, 6.07) is -0.140. The maximum Gasteiger partial charge on any atom is 0.264 e. The Kier molecular flexibility index (Phi) is 5.94. The monoisotopic (exact) mass is 398 g/mol. The van der Waals surface area contributed by atoms with E-state index in [1.165, 1.54) is 0 Å². The minimum atomic E-state index is -3.49. The van der Waals surface area contributed by atoms with Gasteiger partial charge in [0.15, 0.2) is 0 Å². The Morgan fingerprint density at radius 2 is 2.04 bits per heavy atom. The topological polar surface area (TPSA) is 141 Å². The van der Waals surface area contributed by atoms with Crippen molar-refractivity contribution in [2.45, 2.75) is 38.0 Å². The standard InChI is InChI=1S/C16H25N5O5S/c1-10(21-8-12(9-21)26-27(2,23)24)14-19-15(13(7-17)16(22)20-14)18-11-3-5-25-6-4-11/h7,10-12,17H,3-6,8-9H2,1-2H3,(H2,18,19,20,22)/p-1/t10-/m1/s1. The molecule has 2 aliphatic heterocycles. The largest absolute Gasteiger partial charge is 0.858 e. The fourth-order valence-corrected chi connectivity index (χ4v) is 3.80. The van der Waals surface area contributed by atoms with Crippen molar-refractivity contribution in [2.24, 2.45) is 0 Å². The summed E-state index contributed by atoms with van der Waals surface area (Å²) in [5, 5.41) is 23.1. The number of aromatic nitrogens is 2. The quantitative estimate of drug-likeness (QED) is 0.474. The Morgan fingerprint density at radius 3 is 2.63 bits per heavy atom. The van der Waals surface area contributed by atoms with Crippen molar-refractivity contribution < 1.29 is 22.4 Å². The van der Waals surface area contributed by atoms with Gasteiger partial charge in [-0.05, 0) is 19.8 Å². The fourth-order valence-electron chi connectivity index (χ4n) is 3.18. The van der Waals surface area contributed by atoms with Gasteiger partial charge in [0.25, 0.3) is 10.1 Å². The molecule has 3 heterocycles. The van der Waals surface area contributed by atoms with Crippen molar-refractivity contribution in [3.05, 3.63) is 11.4 Å². The highest BCUT2D eigenvalue weighted by atomic mass is 32.2. The van der Waals surface area contributed by atoms with Crippen LogP contribution in [0.1, 0.15) is 37.2 Å². The van der Waals surface area contributed by atoms with Crippen LogP contribution < -0.4 is 10.4 Å². The van der Waals surface area contributed by atoms with Crippen LogP contribution in [-0.2, 0) is 19.0 Å². The SMILES string of the molecule is C[C@H](c1nc([O-])c(C=N)c(NC2CCOCC2)n1)N1CC(OS(C)(=O)=O)C1. The molecule has 0 amide bonds. The van der Waals surface area contributed by atoms with Gasteiger partial charge in [-0.2, -0.15) is 8.42 Å². The van der Waals surface area contributed by atoms with Crippen LogP contribution in [0.2, 0.25) is 0 Å². The molecule has 3 rings (SSSR count). The molecule has 2 aliphatic rings. The van der Waals surface area contributed by atoms with Crippen LogP contribution in [0.15, 0.2) is 0 Å². The molecule has 11 heteroatoms. The van der Waals surface area contributed by atoms with Crippen LogP contribution in [0.3, 0.4) is 0 Å². The summed E-state index contributed by atoms with van der Waals surface area (Å²) in [4.78, 5) is 10.4. The highest BCUT2D eigenvalue weighted by Gasteiger charge is 2.35. The van der Waals surface area contributed by atoms with Gasteiger partial charge >= 0.3 is 0 Å². The van der Waals surface area contributed by atoms with Gasteiger partial charge < -0.3 is 20.6 Å². The van der Waals surface area contributed by atoms with Gasteiger partial charge in [0.05, 0.1) is 12.3 Å². The highest BCUT2D eigenvalue weighted by molar-refractivity contribution is 7.86. The van der Waals surface area contributed by atoms with Crippen LogP contribution in [0.4, 0.5) is 5.82 Å². The zero-order valence-electron chi connectivity index (χ0n) is 15.3. The number of hydrogen-bond acceptors (Lipinski definition) is 10. The molecule has 2 N–H and O–H groups in total. The Hall–Kier alpha value is -1.82. The molecule has 27 heavy (non-hydrogen) atoms. The molecule has 1 aromatic rings. The van der Waals surface area contributed by atoms with Gasteiger partial charge in [-0.1, -0.05) is 0 Å². The zero-order valence-corrected chi connectivity index (χ0v) is 16.2. The van der Waals surface area contributed by atoms with E-state index in [9.17, 15) is 13.5 Å². The number of anilines is 1. The first-order valence-corrected chi connectivity index (χ1v) is 10.6. The lowest BCUT2D eigenvalue weighted by atomic mass is 10.1. The molecule has 0 aromatic carbocycles. The summed E-state index contributed by atoms with van der Waals surface area (Å²) >= 11 is 0. The molecule has 10 nitrogen and oxygen atoms in total. The van der Waals surface area contributed by atoms with E-state index in [0.717, 1.165) is 25.3 Å². The smallest absolute Gasteiger partial charge is 0.264 e. The molecule has 0 radical (unpaired) electrons. The molecule has 0 aliphatic carbocycles. The molecular formula is C16H24N5O5S-. The van der Waals surface area contributed by atoms with E-state index in [0.29, 0.717) is 37.9 Å². The molecule has 2 saturated heterocycles. The van der Waals surface area contributed by atoms with Gasteiger partial charge in [0.2, 0.25) is 0 Å². The van der Waals surface area contributed by atoms with Gasteiger partial charge in [0.1, 0.15) is 17.7 Å². The summed E-state index contributed by atoms with van der Waals surface area (Å²) in [6.07, 6.45) is 3.21. The van der Waals surface area contributed by atoms with Crippen molar-refractivity contribution in [1.82, 2.24) is 14.9 Å². The number of ether oxygens (including phenoxy) is 1. The minimum Gasteiger partial charge on any atom is -0.858 e. The van der Waals surface area contributed by atoms with Crippen LogP contribution in [0.5, 0.6) is 5.88 Å². The summed E-state index contributed by atoms with van der Waals surface area (Å²) in [5.74, 6) is 0.210. The second-order valence-corrected chi connectivity index (χ2v) is 8.48. The summed E-state index contributed by atoms with van der Waals surface area (Å²) in [5.41, 5.74) is 0.138. The number of hydrogen-bond donors (Lipinski definition) is 2. The van der Waals surface area contributed by atoms with E-state index in [2.05, 4.69) is 15.3 Å². The lowest BCUT2D eigenvalue weighted by Crippen LogP contribution is -2.53. The molecule has 0 unspecified atom stereocenters. The molecule has 2 fully saturated rings. The maximum absolute atomic E-state index is 12.3. The summed E-state index contributed by atoms with van der Waals surface area (Å²) in [6.45, 7) is 3.98. The van der Waals surface area contributed by atoms with Crippen LogP contribution >= 0.6 is 0 Å². The van der Waals surface area contributed by atoms with E-state index in [1.807, 2.05) is 11.8 Å². The van der Waals surface area contributed by atoms with Crippen molar-refractivity contribution in [3.63, 3.8) is 0 Å². The molecule has 1 aromatic heterocycles. The Morgan fingerprint density at radius 1 is 1.37 bits per heavy atom. The van der Waals surface area contributed by atoms with Crippen LogP contribution in [0.25, 0.3) is 0 Å². The third-order valence-corrected chi connectivity index (χ3v) is 5.36. The molecule has 0 saturated carbocycles. The number of rotatable bonds is 7. The molecule has 0 bridgehead atoms. The average Bonchev–Trinajstić information content (AvgIpc) is 2.57. The third kappa shape index (κ3) is 4.92. The van der Waals surface area contributed by atoms with E-state index < -0.39 is 22.1 Å². The number of likely N-dealkylation sites (tertiary alicyclic amines) is 1. The first kappa shape index (κ1) is 19.9.